The summed E-state index contributed by atoms with van der Waals surface area (Å²) in [5.74, 6) is 0. The van der Waals surface area contributed by atoms with Crippen LogP contribution in [-0.4, -0.2) is 12.0 Å². The maximum atomic E-state index is 6.33. The van der Waals surface area contributed by atoms with Crippen LogP contribution in [0.4, 0.5) is 0 Å². The van der Waals surface area contributed by atoms with Crippen molar-refractivity contribution >= 4 is 27.5 Å². The third-order valence-corrected chi connectivity index (χ3v) is 4.21. The zero-order chi connectivity index (χ0) is 13.0. The minimum Gasteiger partial charge on any atom is -0.313 e. The van der Waals surface area contributed by atoms with Gasteiger partial charge in [0.05, 0.1) is 5.02 Å². The smallest absolute Gasteiger partial charge is 0.0595 e. The summed E-state index contributed by atoms with van der Waals surface area (Å²) in [5.41, 5.74) is 2.34. The Bertz CT molecular complexity index is 516. The van der Waals surface area contributed by atoms with E-state index in [0.29, 0.717) is 0 Å². The number of nitrogens with one attached hydrogen (secondary N) is 1. The van der Waals surface area contributed by atoms with Crippen molar-refractivity contribution in [3.05, 3.63) is 63.3 Å². The molecule has 1 aromatic carbocycles. The highest BCUT2D eigenvalue weighted by molar-refractivity contribution is 9.10. The number of aromatic nitrogens is 1. The maximum absolute atomic E-state index is 6.33. The van der Waals surface area contributed by atoms with Crippen molar-refractivity contribution in [3.63, 3.8) is 0 Å². The highest BCUT2D eigenvalue weighted by Crippen LogP contribution is 2.31. The van der Waals surface area contributed by atoms with Crippen molar-refractivity contribution in [2.24, 2.45) is 0 Å². The van der Waals surface area contributed by atoms with Crippen LogP contribution >= 0.6 is 27.5 Å². The maximum Gasteiger partial charge on any atom is 0.0595 e. The molecule has 1 N–H and O–H groups in total. The molecule has 0 radical (unpaired) electrons. The SMILES string of the molecule is CNC(Cc1ccncc1)c1cccc(Br)c1Cl. The minimum absolute atomic E-state index is 0.192. The zero-order valence-electron chi connectivity index (χ0n) is 10.0. The molecule has 2 aromatic rings. The van der Waals surface area contributed by atoms with E-state index in [0.717, 1.165) is 21.5 Å². The van der Waals surface area contributed by atoms with Crippen molar-refractivity contribution < 1.29 is 0 Å². The van der Waals surface area contributed by atoms with E-state index < -0.39 is 0 Å². The van der Waals surface area contributed by atoms with Gasteiger partial charge in [-0.05, 0) is 58.7 Å². The number of halogens is 2. The van der Waals surface area contributed by atoms with Gasteiger partial charge in [-0.3, -0.25) is 4.98 Å². The van der Waals surface area contributed by atoms with Crippen LogP contribution in [0.1, 0.15) is 17.2 Å². The van der Waals surface area contributed by atoms with E-state index in [-0.39, 0.29) is 6.04 Å². The molecule has 0 saturated heterocycles. The van der Waals surface area contributed by atoms with Gasteiger partial charge < -0.3 is 5.32 Å². The van der Waals surface area contributed by atoms with Crippen molar-refractivity contribution in [1.82, 2.24) is 10.3 Å². The van der Waals surface area contributed by atoms with Gasteiger partial charge in [-0.25, -0.2) is 0 Å². The number of hydrogen-bond acceptors (Lipinski definition) is 2. The molecular formula is C14H14BrClN2. The lowest BCUT2D eigenvalue weighted by atomic mass is 10.00. The van der Waals surface area contributed by atoms with Gasteiger partial charge in [0, 0.05) is 22.9 Å². The molecule has 0 fully saturated rings. The third-order valence-electron chi connectivity index (χ3n) is 2.89. The molecule has 2 nitrogen and oxygen atoms in total. The Labute approximate surface area is 121 Å². The lowest BCUT2D eigenvalue weighted by Crippen LogP contribution is -2.19. The molecule has 18 heavy (non-hydrogen) atoms. The van der Waals surface area contributed by atoms with E-state index in [1.807, 2.05) is 43.7 Å². The Morgan fingerprint density at radius 2 is 2.00 bits per heavy atom. The van der Waals surface area contributed by atoms with Gasteiger partial charge in [0.1, 0.15) is 0 Å². The van der Waals surface area contributed by atoms with Gasteiger partial charge in [0.25, 0.3) is 0 Å². The van der Waals surface area contributed by atoms with Crippen LogP contribution in [0.3, 0.4) is 0 Å². The topological polar surface area (TPSA) is 24.9 Å². The molecule has 0 aliphatic heterocycles. The lowest BCUT2D eigenvalue weighted by molar-refractivity contribution is 0.591. The molecule has 0 spiro atoms. The monoisotopic (exact) mass is 324 g/mol. The Kier molecular flexibility index (Phi) is 4.75. The first-order chi connectivity index (χ1) is 8.72. The van der Waals surface area contributed by atoms with Crippen molar-refractivity contribution in [2.45, 2.75) is 12.5 Å². The normalized spacial score (nSPS) is 12.4. The van der Waals surface area contributed by atoms with Crippen molar-refractivity contribution in [3.8, 4) is 0 Å². The molecule has 94 valence electrons. The van der Waals surface area contributed by atoms with Gasteiger partial charge in [-0.15, -0.1) is 0 Å². The second-order valence-corrected chi connectivity index (χ2v) is 5.28. The molecule has 1 atom stereocenters. The summed E-state index contributed by atoms with van der Waals surface area (Å²) in [6.45, 7) is 0. The van der Waals surface area contributed by atoms with E-state index in [4.69, 9.17) is 11.6 Å². The van der Waals surface area contributed by atoms with Crippen LogP contribution in [0.15, 0.2) is 47.2 Å². The summed E-state index contributed by atoms with van der Waals surface area (Å²) >= 11 is 9.79. The van der Waals surface area contributed by atoms with Crippen molar-refractivity contribution in [1.29, 1.82) is 0 Å². The fraction of sp³-hybridized carbons (Fsp3) is 0.214. The van der Waals surface area contributed by atoms with E-state index >= 15 is 0 Å². The third kappa shape index (κ3) is 3.10. The standard InChI is InChI=1S/C14H14BrClN2/c1-17-13(9-10-5-7-18-8-6-10)11-3-2-4-12(15)14(11)16/h2-8,13,17H,9H2,1H3. The zero-order valence-corrected chi connectivity index (χ0v) is 12.4. The van der Waals surface area contributed by atoms with Crippen LogP contribution in [0.25, 0.3) is 0 Å². The summed E-state index contributed by atoms with van der Waals surface area (Å²) in [6.07, 6.45) is 4.50. The number of benzene rings is 1. The van der Waals surface area contributed by atoms with Crippen LogP contribution in [0.2, 0.25) is 5.02 Å². The number of hydrogen-bond donors (Lipinski definition) is 1. The second-order valence-electron chi connectivity index (χ2n) is 4.04. The molecule has 1 unspecified atom stereocenters. The summed E-state index contributed by atoms with van der Waals surface area (Å²) in [4.78, 5) is 4.03. The molecule has 2 rings (SSSR count). The average molecular weight is 326 g/mol. The number of rotatable bonds is 4. The van der Waals surface area contributed by atoms with Crippen molar-refractivity contribution in [2.75, 3.05) is 7.05 Å². The average Bonchev–Trinajstić information content (AvgIpc) is 2.41. The van der Waals surface area contributed by atoms with Gasteiger partial charge >= 0.3 is 0 Å². The Balaban J connectivity index is 2.26. The van der Waals surface area contributed by atoms with Gasteiger partial charge in [0.2, 0.25) is 0 Å². The number of likely N-dealkylation sites (N-methyl/N-ethyl adjacent to an activating group) is 1. The van der Waals surface area contributed by atoms with Crippen LogP contribution in [-0.2, 0) is 6.42 Å². The summed E-state index contributed by atoms with van der Waals surface area (Å²) in [5, 5.41) is 4.08. The van der Waals surface area contributed by atoms with E-state index in [9.17, 15) is 0 Å². The Morgan fingerprint density at radius 3 is 2.67 bits per heavy atom. The van der Waals surface area contributed by atoms with Gasteiger partial charge in [-0.2, -0.15) is 0 Å². The van der Waals surface area contributed by atoms with Gasteiger partial charge in [0.15, 0.2) is 0 Å². The van der Waals surface area contributed by atoms with Crippen LogP contribution in [0, 0.1) is 0 Å². The molecule has 0 saturated carbocycles. The van der Waals surface area contributed by atoms with E-state index in [2.05, 4.69) is 32.3 Å². The fourth-order valence-electron chi connectivity index (χ4n) is 1.91. The largest absolute Gasteiger partial charge is 0.313 e. The first kappa shape index (κ1) is 13.5. The summed E-state index contributed by atoms with van der Waals surface area (Å²) in [6, 6.07) is 10.2. The molecule has 0 aliphatic carbocycles. The predicted octanol–water partition coefficient (Wildman–Crippen LogP) is 4.00. The first-order valence-corrected chi connectivity index (χ1v) is 6.89. The quantitative estimate of drug-likeness (QED) is 0.919. The molecule has 0 aliphatic rings. The molecule has 0 amide bonds. The Hall–Kier alpha value is -0.900. The summed E-state index contributed by atoms with van der Waals surface area (Å²) in [7, 11) is 1.95. The molecule has 1 aromatic heterocycles. The highest BCUT2D eigenvalue weighted by Gasteiger charge is 2.14. The first-order valence-electron chi connectivity index (χ1n) is 5.72. The molecular weight excluding hydrogens is 312 g/mol. The van der Waals surface area contributed by atoms with Crippen LogP contribution < -0.4 is 5.32 Å². The fourth-order valence-corrected chi connectivity index (χ4v) is 2.55. The summed E-state index contributed by atoms with van der Waals surface area (Å²) < 4.78 is 0.927. The van der Waals surface area contributed by atoms with E-state index in [1.165, 1.54) is 5.56 Å². The lowest BCUT2D eigenvalue weighted by Gasteiger charge is -2.18. The molecule has 0 bridgehead atoms. The molecule has 4 heteroatoms. The number of nitrogens with zero attached hydrogens (tertiary/aromatic N) is 1. The highest BCUT2D eigenvalue weighted by atomic mass is 79.9. The second kappa shape index (κ2) is 6.32. The number of pyridine rings is 1. The predicted molar refractivity (Wildman–Crippen MR) is 78.9 cm³/mol. The van der Waals surface area contributed by atoms with Crippen LogP contribution in [0.5, 0.6) is 0 Å². The molecule has 1 heterocycles. The minimum atomic E-state index is 0.192. The van der Waals surface area contributed by atoms with Gasteiger partial charge in [-0.1, -0.05) is 23.7 Å². The van der Waals surface area contributed by atoms with E-state index in [1.54, 1.807) is 0 Å². The Morgan fingerprint density at radius 1 is 1.28 bits per heavy atom.